The van der Waals surface area contributed by atoms with Crippen molar-refractivity contribution in [3.8, 4) is 0 Å². The molecule has 0 aliphatic heterocycles. The second-order valence-corrected chi connectivity index (χ2v) is 5.35. The zero-order valence-corrected chi connectivity index (χ0v) is 10.4. The van der Waals surface area contributed by atoms with Crippen LogP contribution in [0.3, 0.4) is 0 Å². The van der Waals surface area contributed by atoms with E-state index in [1.165, 1.54) is 6.92 Å². The van der Waals surface area contributed by atoms with Crippen LogP contribution in [0.25, 0.3) is 0 Å². The van der Waals surface area contributed by atoms with Crippen molar-refractivity contribution in [2.45, 2.75) is 52.5 Å². The lowest BCUT2D eigenvalue weighted by Crippen LogP contribution is -2.45. The minimum Gasteiger partial charge on any atom is -0.369 e. The molecule has 1 aliphatic carbocycles. The number of carbonyl (C=O) groups is 2. The molecule has 0 aromatic heterocycles. The fraction of sp³-hybridized carbons (Fsp3) is 0.833. The summed E-state index contributed by atoms with van der Waals surface area (Å²) in [5, 5.41) is 2.93. The van der Waals surface area contributed by atoms with Crippen molar-refractivity contribution in [2.24, 2.45) is 17.1 Å². The average molecular weight is 226 g/mol. The van der Waals surface area contributed by atoms with E-state index in [0.717, 1.165) is 25.7 Å². The van der Waals surface area contributed by atoms with Crippen LogP contribution < -0.4 is 11.1 Å². The molecule has 1 rings (SSSR count). The van der Waals surface area contributed by atoms with Gasteiger partial charge in [0, 0.05) is 18.4 Å². The van der Waals surface area contributed by atoms with Crippen molar-refractivity contribution in [1.82, 2.24) is 5.32 Å². The molecule has 0 heterocycles. The molecule has 0 unspecified atom stereocenters. The lowest BCUT2D eigenvalue weighted by Gasteiger charge is -2.38. The first-order chi connectivity index (χ1) is 7.34. The molecule has 1 aliphatic rings. The number of hydrogen-bond donors (Lipinski definition) is 2. The van der Waals surface area contributed by atoms with E-state index in [1.54, 1.807) is 0 Å². The van der Waals surface area contributed by atoms with Gasteiger partial charge in [0.1, 0.15) is 0 Å². The third-order valence-corrected chi connectivity index (χ3v) is 3.74. The molecule has 2 atom stereocenters. The average Bonchev–Trinajstić information content (AvgIpc) is 2.16. The lowest BCUT2D eigenvalue weighted by atomic mass is 9.69. The summed E-state index contributed by atoms with van der Waals surface area (Å²) < 4.78 is 0. The molecule has 4 nitrogen and oxygen atoms in total. The third-order valence-electron chi connectivity index (χ3n) is 3.74. The monoisotopic (exact) mass is 226 g/mol. The normalized spacial score (nSPS) is 26.2. The first-order valence-corrected chi connectivity index (χ1v) is 5.91. The quantitative estimate of drug-likeness (QED) is 0.758. The van der Waals surface area contributed by atoms with Gasteiger partial charge in [-0.05, 0) is 25.2 Å². The Kier molecular flexibility index (Phi) is 3.94. The highest BCUT2D eigenvalue weighted by Crippen LogP contribution is 2.38. The summed E-state index contributed by atoms with van der Waals surface area (Å²) in [5.41, 5.74) is 4.95. The molecule has 0 aromatic carbocycles. The van der Waals surface area contributed by atoms with E-state index in [0.29, 0.717) is 0 Å². The van der Waals surface area contributed by atoms with Crippen molar-refractivity contribution < 1.29 is 9.59 Å². The molecule has 4 heteroatoms. The molecule has 16 heavy (non-hydrogen) atoms. The fourth-order valence-electron chi connectivity index (χ4n) is 2.47. The van der Waals surface area contributed by atoms with Crippen LogP contribution in [0.5, 0.6) is 0 Å². The van der Waals surface area contributed by atoms with Gasteiger partial charge in [-0.1, -0.05) is 20.3 Å². The van der Waals surface area contributed by atoms with E-state index in [9.17, 15) is 9.59 Å². The Balaban J connectivity index is 2.63. The summed E-state index contributed by atoms with van der Waals surface area (Å²) >= 11 is 0. The van der Waals surface area contributed by atoms with Gasteiger partial charge in [-0.25, -0.2) is 0 Å². The van der Waals surface area contributed by atoms with Gasteiger partial charge in [-0.3, -0.25) is 9.59 Å². The van der Waals surface area contributed by atoms with Crippen molar-refractivity contribution in [3.05, 3.63) is 0 Å². The van der Waals surface area contributed by atoms with Gasteiger partial charge < -0.3 is 11.1 Å². The highest BCUT2D eigenvalue weighted by atomic mass is 16.2. The van der Waals surface area contributed by atoms with E-state index in [1.807, 2.05) is 13.8 Å². The number of nitrogens with two attached hydrogens (primary N) is 1. The lowest BCUT2D eigenvalue weighted by molar-refractivity contribution is -0.129. The molecule has 1 saturated carbocycles. The number of hydrogen-bond acceptors (Lipinski definition) is 2. The van der Waals surface area contributed by atoms with Crippen molar-refractivity contribution >= 4 is 11.8 Å². The molecule has 0 radical (unpaired) electrons. The first kappa shape index (κ1) is 13.0. The Morgan fingerprint density at radius 3 is 2.44 bits per heavy atom. The van der Waals surface area contributed by atoms with Gasteiger partial charge in [-0.2, -0.15) is 0 Å². The number of nitrogens with one attached hydrogen (secondary N) is 1. The van der Waals surface area contributed by atoms with Crippen LogP contribution in [-0.2, 0) is 9.59 Å². The Bertz CT molecular complexity index is 287. The SMILES string of the molecule is CC(=O)N[C@H]1CCC[C@@H](C(C)(C)C(N)=O)C1. The van der Waals surface area contributed by atoms with Gasteiger partial charge >= 0.3 is 0 Å². The van der Waals surface area contributed by atoms with Crippen molar-refractivity contribution in [3.63, 3.8) is 0 Å². The molecular weight excluding hydrogens is 204 g/mol. The summed E-state index contributed by atoms with van der Waals surface area (Å²) in [5.74, 6) is 0.0270. The number of primary amides is 1. The maximum absolute atomic E-state index is 11.4. The molecule has 2 amide bonds. The van der Waals surface area contributed by atoms with Gasteiger partial charge in [0.25, 0.3) is 0 Å². The van der Waals surface area contributed by atoms with Gasteiger partial charge in [0.05, 0.1) is 0 Å². The molecule has 1 fully saturated rings. The molecular formula is C12H22N2O2. The second-order valence-electron chi connectivity index (χ2n) is 5.35. The largest absolute Gasteiger partial charge is 0.369 e. The number of carbonyl (C=O) groups excluding carboxylic acids is 2. The van der Waals surface area contributed by atoms with Crippen LogP contribution in [0.4, 0.5) is 0 Å². The van der Waals surface area contributed by atoms with E-state index in [2.05, 4.69) is 5.32 Å². The minimum absolute atomic E-state index is 0.00234. The summed E-state index contributed by atoms with van der Waals surface area (Å²) in [4.78, 5) is 22.4. The molecule has 0 aromatic rings. The van der Waals surface area contributed by atoms with E-state index in [4.69, 9.17) is 5.73 Å². The topological polar surface area (TPSA) is 72.2 Å². The Labute approximate surface area is 97.0 Å². The Hall–Kier alpha value is -1.06. The fourth-order valence-corrected chi connectivity index (χ4v) is 2.47. The molecule has 3 N–H and O–H groups in total. The maximum Gasteiger partial charge on any atom is 0.223 e. The molecule has 0 spiro atoms. The Morgan fingerprint density at radius 1 is 1.31 bits per heavy atom. The summed E-state index contributed by atoms with van der Waals surface area (Å²) in [6.07, 6.45) is 3.93. The highest BCUT2D eigenvalue weighted by molar-refractivity contribution is 5.80. The van der Waals surface area contributed by atoms with E-state index in [-0.39, 0.29) is 23.8 Å². The van der Waals surface area contributed by atoms with Crippen molar-refractivity contribution in [2.75, 3.05) is 0 Å². The number of rotatable bonds is 3. The first-order valence-electron chi connectivity index (χ1n) is 5.91. The summed E-state index contributed by atoms with van der Waals surface area (Å²) in [7, 11) is 0. The van der Waals surface area contributed by atoms with Gasteiger partial charge in [-0.15, -0.1) is 0 Å². The highest BCUT2D eigenvalue weighted by Gasteiger charge is 2.38. The predicted molar refractivity (Wildman–Crippen MR) is 62.5 cm³/mol. The minimum atomic E-state index is -0.475. The van der Waals surface area contributed by atoms with Crippen LogP contribution in [0.15, 0.2) is 0 Å². The molecule has 92 valence electrons. The Morgan fingerprint density at radius 2 is 1.94 bits per heavy atom. The van der Waals surface area contributed by atoms with Crippen LogP contribution in [-0.4, -0.2) is 17.9 Å². The summed E-state index contributed by atoms with van der Waals surface area (Å²) in [6, 6.07) is 0.204. The van der Waals surface area contributed by atoms with Crippen LogP contribution >= 0.6 is 0 Å². The van der Waals surface area contributed by atoms with Crippen molar-refractivity contribution in [1.29, 1.82) is 0 Å². The van der Waals surface area contributed by atoms with Gasteiger partial charge in [0.15, 0.2) is 0 Å². The molecule has 0 saturated heterocycles. The van der Waals surface area contributed by atoms with Crippen LogP contribution in [0.1, 0.15) is 46.5 Å². The molecule has 0 bridgehead atoms. The second kappa shape index (κ2) is 4.85. The standard InChI is InChI=1S/C12H22N2O2/c1-8(15)14-10-6-4-5-9(7-10)12(2,3)11(13)16/h9-10H,4-7H2,1-3H3,(H2,13,16)(H,14,15)/t9-,10+/m1/s1. The van der Waals surface area contributed by atoms with E-state index >= 15 is 0 Å². The zero-order chi connectivity index (χ0) is 12.3. The van der Waals surface area contributed by atoms with E-state index < -0.39 is 5.41 Å². The summed E-state index contributed by atoms with van der Waals surface area (Å²) in [6.45, 7) is 5.33. The van der Waals surface area contributed by atoms with Crippen LogP contribution in [0.2, 0.25) is 0 Å². The predicted octanol–water partition coefficient (Wildman–Crippen LogP) is 1.19. The number of amides is 2. The maximum atomic E-state index is 11.4. The smallest absolute Gasteiger partial charge is 0.223 e. The van der Waals surface area contributed by atoms with Gasteiger partial charge in [0.2, 0.25) is 11.8 Å². The van der Waals surface area contributed by atoms with Crippen LogP contribution in [0, 0.1) is 11.3 Å². The zero-order valence-electron chi connectivity index (χ0n) is 10.4. The third kappa shape index (κ3) is 2.97.